The molecule has 0 N–H and O–H groups in total. The van der Waals surface area contributed by atoms with Gasteiger partial charge in [0.2, 0.25) is 0 Å². The minimum atomic E-state index is 0.356. The Labute approximate surface area is 244 Å². The summed E-state index contributed by atoms with van der Waals surface area (Å²) in [5.74, 6) is 0. The minimum absolute atomic E-state index is 0.356. The highest BCUT2D eigenvalue weighted by Gasteiger charge is 2.41. The smallest absolute Gasteiger partial charge is 0.0984 e. The van der Waals surface area contributed by atoms with Crippen LogP contribution in [0.15, 0.2) is 36.4 Å². The van der Waals surface area contributed by atoms with E-state index in [2.05, 4.69) is 83.7 Å². The Morgan fingerprint density at radius 3 is 1.07 bits per heavy atom. The molecule has 0 spiro atoms. The highest BCUT2D eigenvalue weighted by Crippen LogP contribution is 2.43. The third-order valence-electron chi connectivity index (χ3n) is 10.3. The molecule has 8 heteroatoms. The number of benzene rings is 2. The van der Waals surface area contributed by atoms with Crippen molar-refractivity contribution in [2.24, 2.45) is 0 Å². The normalized spacial score (nSPS) is 34.8. The highest BCUT2D eigenvalue weighted by atomic mass is 16.6. The average molecular weight is 561 g/mol. The van der Waals surface area contributed by atoms with Gasteiger partial charge in [-0.2, -0.15) is 0 Å². The molecule has 4 saturated heterocycles. The van der Waals surface area contributed by atoms with Gasteiger partial charge in [0.05, 0.1) is 73.6 Å². The van der Waals surface area contributed by atoms with E-state index >= 15 is 0 Å². The van der Waals surface area contributed by atoms with Crippen molar-refractivity contribution >= 4 is 22.7 Å². The number of rotatable bonds is 10. The lowest BCUT2D eigenvalue weighted by molar-refractivity contribution is 0.377. The maximum Gasteiger partial charge on any atom is 0.0984 e. The molecule has 8 rings (SSSR count). The second-order valence-electron chi connectivity index (χ2n) is 13.2. The zero-order chi connectivity index (χ0) is 27.8. The average Bonchev–Trinajstić information content (AvgIpc) is 3.79. The van der Waals surface area contributed by atoms with Gasteiger partial charge in [0.1, 0.15) is 0 Å². The fraction of sp³-hybridized carbons (Fsp3) is 0.636. The van der Waals surface area contributed by atoms with E-state index in [1.165, 1.54) is 33.9 Å². The SMILES string of the molecule is CC1C(C)N(CC2CO2)c2cc(Cc3ccc4c(c3)N(CC3CO3)C(C)C(C)N4CC3CO3)ccc2N1CC1CO1. The Morgan fingerprint density at radius 2 is 0.780 bits per heavy atom. The maximum absolute atomic E-state index is 5.68. The van der Waals surface area contributed by atoms with Gasteiger partial charge in [-0.25, -0.2) is 0 Å². The van der Waals surface area contributed by atoms with E-state index < -0.39 is 0 Å². The van der Waals surface area contributed by atoms with E-state index in [9.17, 15) is 0 Å². The van der Waals surface area contributed by atoms with Gasteiger partial charge in [-0.05, 0) is 69.5 Å². The Bertz CT molecular complexity index is 1190. The third kappa shape index (κ3) is 5.18. The second-order valence-corrected chi connectivity index (χ2v) is 13.2. The van der Waals surface area contributed by atoms with E-state index in [4.69, 9.17) is 18.9 Å². The molecule has 220 valence electrons. The summed E-state index contributed by atoms with van der Waals surface area (Å²) in [5, 5.41) is 0. The Hall–Kier alpha value is -2.52. The van der Waals surface area contributed by atoms with Crippen molar-refractivity contribution in [1.29, 1.82) is 0 Å². The van der Waals surface area contributed by atoms with E-state index in [1.807, 2.05) is 0 Å². The van der Waals surface area contributed by atoms with Gasteiger partial charge >= 0.3 is 0 Å². The van der Waals surface area contributed by atoms with Crippen LogP contribution < -0.4 is 19.6 Å². The van der Waals surface area contributed by atoms with Crippen molar-refractivity contribution in [3.63, 3.8) is 0 Å². The number of nitrogens with zero attached hydrogens (tertiary/aromatic N) is 4. The van der Waals surface area contributed by atoms with Gasteiger partial charge in [-0.15, -0.1) is 0 Å². The molecule has 8 nitrogen and oxygen atoms in total. The van der Waals surface area contributed by atoms with Crippen LogP contribution in [0.25, 0.3) is 0 Å². The Balaban J connectivity index is 1.11. The van der Waals surface area contributed by atoms with Crippen LogP contribution in [-0.4, -0.2) is 101 Å². The summed E-state index contributed by atoms with van der Waals surface area (Å²) in [6, 6.07) is 15.9. The van der Waals surface area contributed by atoms with Crippen molar-refractivity contribution in [1.82, 2.24) is 0 Å². The molecule has 0 bridgehead atoms. The molecule has 4 fully saturated rings. The van der Waals surface area contributed by atoms with Gasteiger partial charge < -0.3 is 38.5 Å². The number of ether oxygens (including phenoxy) is 4. The summed E-state index contributed by atoms with van der Waals surface area (Å²) in [6.45, 7) is 16.8. The van der Waals surface area contributed by atoms with Crippen molar-refractivity contribution < 1.29 is 18.9 Å². The van der Waals surface area contributed by atoms with Gasteiger partial charge in [0, 0.05) is 50.3 Å². The summed E-state index contributed by atoms with van der Waals surface area (Å²) in [4.78, 5) is 10.3. The topological polar surface area (TPSA) is 63.1 Å². The number of epoxide rings is 4. The lowest BCUT2D eigenvalue weighted by Gasteiger charge is -2.48. The fourth-order valence-electron chi connectivity index (χ4n) is 7.09. The molecular formula is C33H44N4O4. The van der Waals surface area contributed by atoms with Crippen molar-refractivity contribution in [2.45, 2.75) is 82.7 Å². The maximum atomic E-state index is 5.68. The Morgan fingerprint density at radius 1 is 0.488 bits per heavy atom. The number of hydrogen-bond donors (Lipinski definition) is 0. The summed E-state index contributed by atoms with van der Waals surface area (Å²) in [7, 11) is 0. The van der Waals surface area contributed by atoms with Crippen LogP contribution >= 0.6 is 0 Å². The second kappa shape index (κ2) is 10.0. The first-order valence-corrected chi connectivity index (χ1v) is 15.7. The van der Waals surface area contributed by atoms with E-state index in [0.29, 0.717) is 48.6 Å². The molecule has 6 aliphatic heterocycles. The lowest BCUT2D eigenvalue weighted by Crippen LogP contribution is -2.55. The van der Waals surface area contributed by atoms with Crippen LogP contribution in [0, 0.1) is 0 Å². The monoisotopic (exact) mass is 560 g/mol. The first-order valence-electron chi connectivity index (χ1n) is 15.7. The molecule has 0 aliphatic carbocycles. The number of anilines is 4. The Kier molecular flexibility index (Phi) is 6.40. The molecule has 8 atom stereocenters. The van der Waals surface area contributed by atoms with Gasteiger partial charge in [-0.1, -0.05) is 12.1 Å². The molecule has 41 heavy (non-hydrogen) atoms. The van der Waals surface area contributed by atoms with Gasteiger partial charge in [-0.3, -0.25) is 0 Å². The molecule has 2 aromatic rings. The van der Waals surface area contributed by atoms with E-state index in [1.54, 1.807) is 0 Å². The lowest BCUT2D eigenvalue weighted by atomic mass is 9.95. The molecular weight excluding hydrogens is 516 g/mol. The summed E-state index contributed by atoms with van der Waals surface area (Å²) < 4.78 is 22.7. The van der Waals surface area contributed by atoms with Crippen LogP contribution in [0.1, 0.15) is 38.8 Å². The summed E-state index contributed by atoms with van der Waals surface area (Å²) >= 11 is 0. The summed E-state index contributed by atoms with van der Waals surface area (Å²) in [5.41, 5.74) is 8.05. The van der Waals surface area contributed by atoms with Crippen LogP contribution in [0.4, 0.5) is 22.7 Å². The van der Waals surface area contributed by atoms with Crippen LogP contribution in [-0.2, 0) is 25.4 Å². The van der Waals surface area contributed by atoms with Crippen molar-refractivity contribution in [3.8, 4) is 0 Å². The first kappa shape index (κ1) is 26.1. The molecule has 2 aromatic carbocycles. The fourth-order valence-corrected chi connectivity index (χ4v) is 7.09. The molecule has 6 aliphatic rings. The molecule has 8 unspecified atom stereocenters. The van der Waals surface area contributed by atoms with Gasteiger partial charge in [0.25, 0.3) is 0 Å². The molecule has 0 amide bonds. The predicted octanol–water partition coefficient (Wildman–Crippen LogP) is 3.68. The van der Waals surface area contributed by atoms with Crippen LogP contribution in [0.5, 0.6) is 0 Å². The quantitative estimate of drug-likeness (QED) is 0.408. The van der Waals surface area contributed by atoms with Gasteiger partial charge in [0.15, 0.2) is 0 Å². The molecule has 0 radical (unpaired) electrons. The standard InChI is InChI=1S/C33H44N4O4/c1-20-22(3)36(14-28-18-40-28)32-10-24(5-7-30(32)34(20)12-26-16-38-26)9-25-6-8-31-33(11-25)37(15-29-19-41-29)23(4)21(2)35(31)13-27-17-39-27/h5-8,10-11,20-23,26-29H,9,12-19H2,1-4H3. The minimum Gasteiger partial charge on any atom is -0.371 e. The zero-order valence-electron chi connectivity index (χ0n) is 24.9. The first-order chi connectivity index (χ1) is 19.9. The van der Waals surface area contributed by atoms with E-state index in [0.717, 1.165) is 59.0 Å². The zero-order valence-corrected chi connectivity index (χ0v) is 24.9. The third-order valence-corrected chi connectivity index (χ3v) is 10.3. The molecule has 0 saturated carbocycles. The van der Waals surface area contributed by atoms with Crippen LogP contribution in [0.3, 0.4) is 0 Å². The summed E-state index contributed by atoms with van der Waals surface area (Å²) in [6.07, 6.45) is 2.36. The van der Waals surface area contributed by atoms with Crippen LogP contribution in [0.2, 0.25) is 0 Å². The largest absolute Gasteiger partial charge is 0.371 e. The van der Waals surface area contributed by atoms with Crippen molar-refractivity contribution in [2.75, 3.05) is 72.2 Å². The van der Waals surface area contributed by atoms with Crippen molar-refractivity contribution in [3.05, 3.63) is 47.5 Å². The molecule has 0 aromatic heterocycles. The predicted molar refractivity (Wildman–Crippen MR) is 162 cm³/mol. The number of hydrogen-bond acceptors (Lipinski definition) is 8. The highest BCUT2D eigenvalue weighted by molar-refractivity contribution is 5.78. The molecule has 6 heterocycles. The number of fused-ring (bicyclic) bond motifs is 2. The van der Waals surface area contributed by atoms with E-state index in [-0.39, 0.29) is 0 Å².